The first-order valence-electron chi connectivity index (χ1n) is 6.31. The van der Waals surface area contributed by atoms with Crippen molar-refractivity contribution in [3.8, 4) is 5.75 Å². The molecule has 110 valence electrons. The van der Waals surface area contributed by atoms with Crippen molar-refractivity contribution < 1.29 is 9.53 Å². The van der Waals surface area contributed by atoms with Gasteiger partial charge in [0.25, 0.3) is 0 Å². The Kier molecular flexibility index (Phi) is 4.22. The number of hydrogen-bond donors (Lipinski definition) is 3. The molecule has 0 spiro atoms. The van der Waals surface area contributed by atoms with Crippen LogP contribution in [0.5, 0.6) is 5.75 Å². The van der Waals surface area contributed by atoms with Crippen LogP contribution in [-0.2, 0) is 11.2 Å². The molecule has 7 nitrogen and oxygen atoms in total. The van der Waals surface area contributed by atoms with Gasteiger partial charge in [-0.2, -0.15) is 4.98 Å². The number of aromatic nitrogens is 2. The van der Waals surface area contributed by atoms with Crippen LogP contribution in [-0.4, -0.2) is 23.0 Å². The Morgan fingerprint density at radius 1 is 1.38 bits per heavy atom. The van der Waals surface area contributed by atoms with E-state index in [1.165, 1.54) is 6.92 Å². The number of benzene rings is 1. The van der Waals surface area contributed by atoms with E-state index in [-0.39, 0.29) is 11.9 Å². The summed E-state index contributed by atoms with van der Waals surface area (Å²) in [6.45, 7) is 1.44. The molecule has 2 rings (SSSR count). The van der Waals surface area contributed by atoms with Crippen LogP contribution in [0.15, 0.2) is 24.4 Å². The molecule has 1 heterocycles. The molecule has 0 saturated carbocycles. The Labute approximate surface area is 122 Å². The third-order valence-corrected chi connectivity index (χ3v) is 2.89. The first kappa shape index (κ1) is 14.6. The van der Waals surface area contributed by atoms with Crippen LogP contribution >= 0.6 is 0 Å². The molecule has 0 aliphatic carbocycles. The van der Waals surface area contributed by atoms with E-state index in [9.17, 15) is 4.79 Å². The zero-order chi connectivity index (χ0) is 15.4. The van der Waals surface area contributed by atoms with Crippen molar-refractivity contribution in [2.75, 3.05) is 23.9 Å². The van der Waals surface area contributed by atoms with E-state index in [0.717, 1.165) is 11.1 Å². The number of nitrogens with two attached hydrogens (primary N) is 2. The van der Waals surface area contributed by atoms with Crippen LogP contribution < -0.4 is 21.5 Å². The monoisotopic (exact) mass is 287 g/mol. The molecule has 7 heteroatoms. The highest BCUT2D eigenvalue weighted by Gasteiger charge is 2.09. The summed E-state index contributed by atoms with van der Waals surface area (Å²) in [5.41, 5.74) is 13.6. The maximum absolute atomic E-state index is 11.1. The SMILES string of the molecule is COc1cc(Cc2cnc(N)nc2N)ccc1NC(C)=O. The summed E-state index contributed by atoms with van der Waals surface area (Å²) in [5.74, 6) is 0.928. The first-order chi connectivity index (χ1) is 9.99. The molecule has 0 radical (unpaired) electrons. The van der Waals surface area contributed by atoms with Gasteiger partial charge in [-0.3, -0.25) is 4.79 Å². The normalized spacial score (nSPS) is 10.2. The quantitative estimate of drug-likeness (QED) is 0.778. The van der Waals surface area contributed by atoms with Crippen molar-refractivity contribution in [1.29, 1.82) is 0 Å². The predicted molar refractivity (Wildman–Crippen MR) is 81.0 cm³/mol. The number of carbonyl (C=O) groups is 1. The lowest BCUT2D eigenvalue weighted by Crippen LogP contribution is -2.08. The third kappa shape index (κ3) is 3.59. The van der Waals surface area contributed by atoms with Crippen LogP contribution in [0.3, 0.4) is 0 Å². The Morgan fingerprint density at radius 3 is 2.76 bits per heavy atom. The van der Waals surface area contributed by atoms with Crippen LogP contribution in [0.2, 0.25) is 0 Å². The molecule has 2 aromatic rings. The standard InChI is InChI=1S/C14H17N5O2/c1-8(20)18-11-4-3-9(6-12(11)21-2)5-10-7-17-14(16)19-13(10)15/h3-4,6-7H,5H2,1-2H3,(H,18,20)(H4,15,16,17,19). The molecule has 21 heavy (non-hydrogen) atoms. The largest absolute Gasteiger partial charge is 0.495 e. The van der Waals surface area contributed by atoms with Gasteiger partial charge in [-0.25, -0.2) is 4.98 Å². The minimum atomic E-state index is -0.155. The van der Waals surface area contributed by atoms with Crippen molar-refractivity contribution in [2.24, 2.45) is 0 Å². The topological polar surface area (TPSA) is 116 Å². The minimum absolute atomic E-state index is 0.148. The number of anilines is 3. The third-order valence-electron chi connectivity index (χ3n) is 2.89. The van der Waals surface area contributed by atoms with Gasteiger partial charge < -0.3 is 21.5 Å². The molecular formula is C14H17N5O2. The lowest BCUT2D eigenvalue weighted by molar-refractivity contribution is -0.114. The summed E-state index contributed by atoms with van der Waals surface area (Å²) < 4.78 is 5.28. The van der Waals surface area contributed by atoms with Gasteiger partial charge in [-0.15, -0.1) is 0 Å². The van der Waals surface area contributed by atoms with Crippen molar-refractivity contribution in [3.05, 3.63) is 35.5 Å². The Bertz CT molecular complexity index is 672. The fourth-order valence-electron chi connectivity index (χ4n) is 1.93. The summed E-state index contributed by atoms with van der Waals surface area (Å²) in [6, 6.07) is 5.49. The molecule has 1 aromatic heterocycles. The summed E-state index contributed by atoms with van der Waals surface area (Å²) >= 11 is 0. The zero-order valence-electron chi connectivity index (χ0n) is 11.9. The second-order valence-electron chi connectivity index (χ2n) is 4.53. The van der Waals surface area contributed by atoms with Gasteiger partial charge in [-0.05, 0) is 17.7 Å². The minimum Gasteiger partial charge on any atom is -0.495 e. The number of rotatable bonds is 4. The highest BCUT2D eigenvalue weighted by Crippen LogP contribution is 2.27. The van der Waals surface area contributed by atoms with Crippen molar-refractivity contribution in [2.45, 2.75) is 13.3 Å². The van der Waals surface area contributed by atoms with Gasteiger partial charge in [0, 0.05) is 25.1 Å². The van der Waals surface area contributed by atoms with Crippen molar-refractivity contribution in [1.82, 2.24) is 9.97 Å². The second kappa shape index (κ2) is 6.08. The Morgan fingerprint density at radius 2 is 2.14 bits per heavy atom. The smallest absolute Gasteiger partial charge is 0.221 e. The van der Waals surface area contributed by atoms with Gasteiger partial charge in [0.2, 0.25) is 11.9 Å². The van der Waals surface area contributed by atoms with Crippen LogP contribution in [0.4, 0.5) is 17.5 Å². The molecule has 1 aromatic carbocycles. The molecule has 1 amide bonds. The Balaban J connectivity index is 2.26. The lowest BCUT2D eigenvalue weighted by atomic mass is 10.1. The molecule has 0 fully saturated rings. The number of methoxy groups -OCH3 is 1. The van der Waals surface area contributed by atoms with Crippen LogP contribution in [0, 0.1) is 0 Å². The van der Waals surface area contributed by atoms with Crippen LogP contribution in [0.25, 0.3) is 0 Å². The predicted octanol–water partition coefficient (Wildman–Crippen LogP) is 1.20. The van der Waals surface area contributed by atoms with Crippen LogP contribution in [0.1, 0.15) is 18.1 Å². The molecular weight excluding hydrogens is 270 g/mol. The first-order valence-corrected chi connectivity index (χ1v) is 6.31. The van der Waals surface area contributed by atoms with E-state index in [4.69, 9.17) is 16.2 Å². The molecule has 0 aliphatic rings. The highest BCUT2D eigenvalue weighted by molar-refractivity contribution is 5.90. The molecule has 0 bridgehead atoms. The lowest BCUT2D eigenvalue weighted by Gasteiger charge is -2.11. The summed E-state index contributed by atoms with van der Waals surface area (Å²) in [4.78, 5) is 19.0. The number of nitrogens with zero attached hydrogens (tertiary/aromatic N) is 2. The second-order valence-corrected chi connectivity index (χ2v) is 4.53. The number of nitrogen functional groups attached to an aromatic ring is 2. The zero-order valence-corrected chi connectivity index (χ0v) is 11.9. The van der Waals surface area contributed by atoms with Crippen molar-refractivity contribution >= 4 is 23.4 Å². The van der Waals surface area contributed by atoms with E-state index >= 15 is 0 Å². The number of carbonyl (C=O) groups excluding carboxylic acids is 1. The molecule has 0 unspecified atom stereocenters. The number of nitrogens with one attached hydrogen (secondary N) is 1. The van der Waals surface area contributed by atoms with Gasteiger partial charge in [-0.1, -0.05) is 6.07 Å². The fourth-order valence-corrected chi connectivity index (χ4v) is 1.93. The number of ether oxygens (including phenoxy) is 1. The summed E-state index contributed by atoms with van der Waals surface area (Å²) in [6.07, 6.45) is 2.15. The van der Waals surface area contributed by atoms with Gasteiger partial charge in [0.05, 0.1) is 12.8 Å². The van der Waals surface area contributed by atoms with Crippen molar-refractivity contribution in [3.63, 3.8) is 0 Å². The highest BCUT2D eigenvalue weighted by atomic mass is 16.5. The summed E-state index contributed by atoms with van der Waals surface area (Å²) in [5, 5.41) is 2.70. The average Bonchev–Trinajstić information content (AvgIpc) is 2.43. The van der Waals surface area contributed by atoms with Gasteiger partial charge in [0.15, 0.2) is 0 Å². The maximum Gasteiger partial charge on any atom is 0.221 e. The van der Waals surface area contributed by atoms with E-state index < -0.39 is 0 Å². The molecule has 0 saturated heterocycles. The van der Waals surface area contributed by atoms with Gasteiger partial charge >= 0.3 is 0 Å². The number of amides is 1. The number of hydrogen-bond acceptors (Lipinski definition) is 6. The maximum atomic E-state index is 11.1. The van der Waals surface area contributed by atoms with E-state index in [2.05, 4.69) is 15.3 Å². The summed E-state index contributed by atoms with van der Waals surface area (Å²) in [7, 11) is 1.55. The molecule has 0 aliphatic heterocycles. The molecule has 0 atom stereocenters. The van der Waals surface area contributed by atoms with E-state index in [0.29, 0.717) is 23.7 Å². The van der Waals surface area contributed by atoms with Gasteiger partial charge in [0.1, 0.15) is 11.6 Å². The fraction of sp³-hybridized carbons (Fsp3) is 0.214. The molecule has 5 N–H and O–H groups in total. The average molecular weight is 287 g/mol. The Hall–Kier alpha value is -2.83. The van der Waals surface area contributed by atoms with E-state index in [1.807, 2.05) is 12.1 Å². The van der Waals surface area contributed by atoms with E-state index in [1.54, 1.807) is 19.4 Å².